The quantitative estimate of drug-likeness (QED) is 0.900. The van der Waals surface area contributed by atoms with Gasteiger partial charge in [0.05, 0.1) is 0 Å². The Morgan fingerprint density at radius 1 is 1.21 bits per heavy atom. The van der Waals surface area contributed by atoms with Crippen molar-refractivity contribution in [3.63, 3.8) is 0 Å². The van der Waals surface area contributed by atoms with Gasteiger partial charge < -0.3 is 14.7 Å². The van der Waals surface area contributed by atoms with E-state index in [9.17, 15) is 9.59 Å². The summed E-state index contributed by atoms with van der Waals surface area (Å²) >= 11 is 0. The predicted molar refractivity (Wildman–Crippen MR) is 83.3 cm³/mol. The standard InChI is InChI=1S/C16H17N5O3/c22-15-17-6-7-21(15)16(23)20-8-12(11-4-2-1-3-5-11)13(9-20)14-18-10-24-19-14/h1-5,10,12-13H,6-9H2,(H,17,22)/t12-,13+/m1/s1. The van der Waals surface area contributed by atoms with Crippen LogP contribution in [0.2, 0.25) is 0 Å². The number of urea groups is 2. The Hall–Kier alpha value is -2.90. The first-order valence-electron chi connectivity index (χ1n) is 7.89. The summed E-state index contributed by atoms with van der Waals surface area (Å²) in [5, 5.41) is 6.62. The minimum Gasteiger partial charge on any atom is -0.343 e. The first-order chi connectivity index (χ1) is 11.7. The molecule has 1 aromatic carbocycles. The molecule has 8 heteroatoms. The number of rotatable bonds is 2. The summed E-state index contributed by atoms with van der Waals surface area (Å²) in [7, 11) is 0. The topological polar surface area (TPSA) is 91.6 Å². The predicted octanol–water partition coefficient (Wildman–Crippen LogP) is 1.40. The van der Waals surface area contributed by atoms with Gasteiger partial charge in [-0.25, -0.2) is 14.5 Å². The Morgan fingerprint density at radius 3 is 2.67 bits per heavy atom. The molecule has 1 N–H and O–H groups in total. The molecule has 0 unspecified atom stereocenters. The molecule has 0 radical (unpaired) electrons. The highest BCUT2D eigenvalue weighted by atomic mass is 16.5. The highest BCUT2D eigenvalue weighted by Crippen LogP contribution is 2.38. The first kappa shape index (κ1) is 14.7. The molecule has 1 aromatic heterocycles. The highest BCUT2D eigenvalue weighted by Gasteiger charge is 2.42. The Morgan fingerprint density at radius 2 is 2.00 bits per heavy atom. The zero-order valence-electron chi connectivity index (χ0n) is 13.0. The van der Waals surface area contributed by atoms with Crippen LogP contribution in [0.4, 0.5) is 9.59 Å². The molecule has 0 spiro atoms. The van der Waals surface area contributed by atoms with Gasteiger partial charge in [-0.05, 0) is 5.56 Å². The van der Waals surface area contributed by atoms with E-state index in [0.717, 1.165) is 5.56 Å². The second-order valence-corrected chi connectivity index (χ2v) is 5.98. The van der Waals surface area contributed by atoms with Crippen LogP contribution in [0.25, 0.3) is 0 Å². The monoisotopic (exact) mass is 327 g/mol. The van der Waals surface area contributed by atoms with E-state index in [2.05, 4.69) is 15.5 Å². The Labute approximate surface area is 138 Å². The van der Waals surface area contributed by atoms with Gasteiger partial charge >= 0.3 is 12.1 Å². The summed E-state index contributed by atoms with van der Waals surface area (Å²) in [6.45, 7) is 1.87. The highest BCUT2D eigenvalue weighted by molar-refractivity contribution is 5.95. The molecule has 2 fully saturated rings. The fourth-order valence-corrected chi connectivity index (χ4v) is 3.43. The summed E-state index contributed by atoms with van der Waals surface area (Å²) in [4.78, 5) is 31.6. The molecule has 2 aliphatic heterocycles. The van der Waals surface area contributed by atoms with Crippen LogP contribution in [-0.2, 0) is 0 Å². The Balaban J connectivity index is 1.61. The number of benzene rings is 1. The number of aromatic nitrogens is 2. The van der Waals surface area contributed by atoms with E-state index >= 15 is 0 Å². The molecular formula is C16H17N5O3. The molecule has 8 nitrogen and oxygen atoms in total. The van der Waals surface area contributed by atoms with Gasteiger partial charge in [-0.2, -0.15) is 4.98 Å². The maximum absolute atomic E-state index is 12.7. The maximum Gasteiger partial charge on any atom is 0.328 e. The van der Waals surface area contributed by atoms with Crippen molar-refractivity contribution < 1.29 is 14.1 Å². The molecule has 0 bridgehead atoms. The number of imide groups is 1. The van der Waals surface area contributed by atoms with Crippen molar-refractivity contribution in [2.75, 3.05) is 26.2 Å². The molecule has 2 aliphatic rings. The van der Waals surface area contributed by atoms with Crippen molar-refractivity contribution >= 4 is 12.1 Å². The van der Waals surface area contributed by atoms with Crippen LogP contribution >= 0.6 is 0 Å². The van der Waals surface area contributed by atoms with Gasteiger partial charge in [-0.1, -0.05) is 35.5 Å². The van der Waals surface area contributed by atoms with E-state index in [-0.39, 0.29) is 23.9 Å². The molecule has 2 saturated heterocycles. The molecule has 2 atom stereocenters. The van der Waals surface area contributed by atoms with Gasteiger partial charge in [0, 0.05) is 38.0 Å². The van der Waals surface area contributed by atoms with Crippen molar-refractivity contribution in [1.82, 2.24) is 25.3 Å². The summed E-state index contributed by atoms with van der Waals surface area (Å²) in [6.07, 6.45) is 1.30. The summed E-state index contributed by atoms with van der Waals surface area (Å²) in [6, 6.07) is 9.38. The smallest absolute Gasteiger partial charge is 0.328 e. The lowest BCUT2D eigenvalue weighted by atomic mass is 9.88. The van der Waals surface area contributed by atoms with Crippen molar-refractivity contribution in [1.29, 1.82) is 0 Å². The van der Waals surface area contributed by atoms with E-state index in [0.29, 0.717) is 32.0 Å². The van der Waals surface area contributed by atoms with Gasteiger partial charge in [0.1, 0.15) is 0 Å². The molecule has 4 amide bonds. The van der Waals surface area contributed by atoms with E-state index in [1.165, 1.54) is 11.3 Å². The van der Waals surface area contributed by atoms with Crippen LogP contribution in [0.15, 0.2) is 41.2 Å². The number of likely N-dealkylation sites (tertiary alicyclic amines) is 1. The molecule has 0 aliphatic carbocycles. The van der Waals surface area contributed by atoms with Gasteiger partial charge in [0.15, 0.2) is 5.82 Å². The van der Waals surface area contributed by atoms with Crippen molar-refractivity contribution in [2.45, 2.75) is 11.8 Å². The van der Waals surface area contributed by atoms with E-state index in [4.69, 9.17) is 4.52 Å². The van der Waals surface area contributed by atoms with Gasteiger partial charge in [0.25, 0.3) is 0 Å². The number of carbonyl (C=O) groups is 2. The molecular weight excluding hydrogens is 310 g/mol. The molecule has 2 aromatic rings. The SMILES string of the molecule is O=C1NCCN1C(=O)N1C[C@H](c2ccccc2)[C@@H](c2ncon2)C1. The number of amides is 4. The minimum absolute atomic E-state index is 0.0548. The van der Waals surface area contributed by atoms with Crippen LogP contribution in [0.5, 0.6) is 0 Å². The van der Waals surface area contributed by atoms with E-state index < -0.39 is 0 Å². The van der Waals surface area contributed by atoms with Gasteiger partial charge in [-0.15, -0.1) is 0 Å². The normalized spacial score (nSPS) is 23.6. The van der Waals surface area contributed by atoms with Crippen LogP contribution in [0.1, 0.15) is 23.2 Å². The molecule has 0 saturated carbocycles. The second kappa shape index (κ2) is 5.95. The number of carbonyl (C=O) groups excluding carboxylic acids is 2. The third-order valence-corrected chi connectivity index (χ3v) is 4.62. The van der Waals surface area contributed by atoms with Crippen molar-refractivity contribution in [2.24, 2.45) is 0 Å². The Bertz CT molecular complexity index is 733. The third-order valence-electron chi connectivity index (χ3n) is 4.62. The Kier molecular flexibility index (Phi) is 3.64. The summed E-state index contributed by atoms with van der Waals surface area (Å²) < 4.78 is 4.88. The van der Waals surface area contributed by atoms with Gasteiger partial charge in [-0.3, -0.25) is 0 Å². The fraction of sp³-hybridized carbons (Fsp3) is 0.375. The zero-order valence-corrected chi connectivity index (χ0v) is 13.0. The summed E-state index contributed by atoms with van der Waals surface area (Å²) in [5.74, 6) is 0.601. The molecule has 4 rings (SSSR count). The second-order valence-electron chi connectivity index (χ2n) is 5.98. The third kappa shape index (κ3) is 2.49. The zero-order chi connectivity index (χ0) is 16.5. The lowest BCUT2D eigenvalue weighted by Gasteiger charge is -2.21. The van der Waals surface area contributed by atoms with Gasteiger partial charge in [0.2, 0.25) is 6.39 Å². The van der Waals surface area contributed by atoms with Crippen LogP contribution < -0.4 is 5.32 Å². The fourth-order valence-electron chi connectivity index (χ4n) is 3.43. The van der Waals surface area contributed by atoms with Crippen LogP contribution in [-0.4, -0.2) is 58.2 Å². The van der Waals surface area contributed by atoms with Crippen LogP contribution in [0, 0.1) is 0 Å². The van der Waals surface area contributed by atoms with E-state index in [1.807, 2.05) is 30.3 Å². The van der Waals surface area contributed by atoms with Crippen molar-refractivity contribution in [3.8, 4) is 0 Å². The molecule has 3 heterocycles. The molecule has 124 valence electrons. The summed E-state index contributed by atoms with van der Waals surface area (Å²) in [5.41, 5.74) is 1.12. The largest absolute Gasteiger partial charge is 0.343 e. The number of hydrogen-bond donors (Lipinski definition) is 1. The lowest BCUT2D eigenvalue weighted by molar-refractivity contribution is 0.171. The molecule has 24 heavy (non-hydrogen) atoms. The lowest BCUT2D eigenvalue weighted by Crippen LogP contribution is -2.43. The first-order valence-corrected chi connectivity index (χ1v) is 7.89. The maximum atomic E-state index is 12.7. The van der Waals surface area contributed by atoms with E-state index in [1.54, 1.807) is 4.90 Å². The average molecular weight is 327 g/mol. The van der Waals surface area contributed by atoms with Crippen LogP contribution in [0.3, 0.4) is 0 Å². The minimum atomic E-state index is -0.334. The average Bonchev–Trinajstić information content (AvgIpc) is 3.35. The number of hydrogen-bond acceptors (Lipinski definition) is 5. The number of nitrogens with one attached hydrogen (secondary N) is 1. The number of nitrogens with zero attached hydrogens (tertiary/aromatic N) is 4. The van der Waals surface area contributed by atoms with Crippen molar-refractivity contribution in [3.05, 3.63) is 48.1 Å².